The topological polar surface area (TPSA) is 108 Å². The van der Waals surface area contributed by atoms with E-state index in [0.29, 0.717) is 11.3 Å². The third-order valence-corrected chi connectivity index (χ3v) is 3.41. The summed E-state index contributed by atoms with van der Waals surface area (Å²) in [5, 5.41) is 25.6. The highest BCUT2D eigenvalue weighted by atomic mass is 35.5. The number of carboxylic acids is 1. The van der Waals surface area contributed by atoms with Crippen LogP contribution in [0.15, 0.2) is 41.5 Å². The number of rotatable bonds is 5. The van der Waals surface area contributed by atoms with E-state index in [2.05, 4.69) is 10.5 Å². The molecular formula is C14H8Cl2N3O4-. The van der Waals surface area contributed by atoms with Gasteiger partial charge in [0.15, 0.2) is 0 Å². The number of carboxylic acid groups (broad SMARTS) is 1. The smallest absolute Gasteiger partial charge is 0.288 e. The lowest BCUT2D eigenvalue weighted by molar-refractivity contribution is -0.384. The van der Waals surface area contributed by atoms with Crippen molar-refractivity contribution in [1.82, 2.24) is 0 Å². The standard InChI is InChI=1S/C14H9Cl2N3O4/c15-11-4-2-9(6-10(11)14(20)21)18-17-7-8-1-3-12(16)13(5-8)19(22)23/h1-7,18H,(H,20,21)/p-1/b17-7-. The summed E-state index contributed by atoms with van der Waals surface area (Å²) in [7, 11) is 0. The first kappa shape index (κ1) is 16.7. The van der Waals surface area contributed by atoms with Crippen molar-refractivity contribution >= 4 is 46.8 Å². The minimum Gasteiger partial charge on any atom is -0.545 e. The van der Waals surface area contributed by atoms with Gasteiger partial charge in [-0.15, -0.1) is 0 Å². The zero-order valence-corrected chi connectivity index (χ0v) is 12.8. The Labute approximate surface area is 140 Å². The fraction of sp³-hybridized carbons (Fsp3) is 0. The molecule has 0 aliphatic carbocycles. The van der Waals surface area contributed by atoms with Gasteiger partial charge in [0.05, 0.1) is 22.8 Å². The molecule has 7 nitrogen and oxygen atoms in total. The molecule has 0 spiro atoms. The van der Waals surface area contributed by atoms with Crippen molar-refractivity contribution in [2.45, 2.75) is 0 Å². The number of hydrazone groups is 1. The number of nitrogens with zero attached hydrogens (tertiary/aromatic N) is 2. The molecule has 0 bridgehead atoms. The highest BCUT2D eigenvalue weighted by molar-refractivity contribution is 6.33. The summed E-state index contributed by atoms with van der Waals surface area (Å²) in [6.45, 7) is 0. The van der Waals surface area contributed by atoms with E-state index in [-0.39, 0.29) is 21.3 Å². The summed E-state index contributed by atoms with van der Waals surface area (Å²) in [6.07, 6.45) is 1.33. The first-order valence-corrected chi connectivity index (χ1v) is 6.88. The molecule has 0 saturated carbocycles. The molecule has 2 aromatic carbocycles. The number of nitro benzene ring substituents is 1. The Morgan fingerprint density at radius 3 is 2.52 bits per heavy atom. The number of aromatic carboxylic acids is 1. The number of halogens is 2. The van der Waals surface area contributed by atoms with E-state index in [1.165, 1.54) is 36.5 Å². The van der Waals surface area contributed by atoms with Gasteiger partial charge in [-0.1, -0.05) is 29.3 Å². The quantitative estimate of drug-likeness (QED) is 0.505. The van der Waals surface area contributed by atoms with E-state index in [4.69, 9.17) is 23.2 Å². The Morgan fingerprint density at radius 1 is 1.17 bits per heavy atom. The highest BCUT2D eigenvalue weighted by Gasteiger charge is 2.11. The molecule has 0 atom stereocenters. The van der Waals surface area contributed by atoms with Gasteiger partial charge in [-0.3, -0.25) is 15.5 Å². The molecular weight excluding hydrogens is 345 g/mol. The minimum absolute atomic E-state index is 0.0245. The van der Waals surface area contributed by atoms with Gasteiger partial charge in [-0.25, -0.2) is 0 Å². The Kier molecular flexibility index (Phi) is 5.15. The minimum atomic E-state index is -1.41. The van der Waals surface area contributed by atoms with Crippen molar-refractivity contribution in [3.63, 3.8) is 0 Å². The molecule has 1 N–H and O–H groups in total. The van der Waals surface area contributed by atoms with Crippen molar-refractivity contribution in [3.05, 3.63) is 67.7 Å². The second-order valence-corrected chi connectivity index (χ2v) is 5.13. The molecule has 0 aliphatic rings. The van der Waals surface area contributed by atoms with Crippen LogP contribution in [0.5, 0.6) is 0 Å². The van der Waals surface area contributed by atoms with Gasteiger partial charge in [-0.2, -0.15) is 5.10 Å². The Hall–Kier alpha value is -2.64. The van der Waals surface area contributed by atoms with Crippen LogP contribution < -0.4 is 10.5 Å². The van der Waals surface area contributed by atoms with Gasteiger partial charge in [-0.05, 0) is 24.3 Å². The molecule has 0 heterocycles. The van der Waals surface area contributed by atoms with Gasteiger partial charge in [0.2, 0.25) is 0 Å². The summed E-state index contributed by atoms with van der Waals surface area (Å²) in [6, 6.07) is 8.38. The maximum absolute atomic E-state index is 10.9. The zero-order chi connectivity index (χ0) is 17.0. The summed E-state index contributed by atoms with van der Waals surface area (Å²) < 4.78 is 0. The first-order valence-electron chi connectivity index (χ1n) is 6.12. The fourth-order valence-electron chi connectivity index (χ4n) is 1.68. The van der Waals surface area contributed by atoms with E-state index in [9.17, 15) is 20.0 Å². The molecule has 0 amide bonds. The van der Waals surface area contributed by atoms with Crippen LogP contribution in [-0.4, -0.2) is 17.1 Å². The number of nitro groups is 1. The van der Waals surface area contributed by atoms with E-state index in [1.54, 1.807) is 6.07 Å². The Morgan fingerprint density at radius 2 is 1.87 bits per heavy atom. The number of carbonyl (C=O) groups is 1. The summed E-state index contributed by atoms with van der Waals surface area (Å²) in [4.78, 5) is 21.1. The second kappa shape index (κ2) is 7.08. The number of benzene rings is 2. The molecule has 0 saturated heterocycles. The van der Waals surface area contributed by atoms with Crippen LogP contribution in [0, 0.1) is 10.1 Å². The average Bonchev–Trinajstić information content (AvgIpc) is 2.50. The maximum atomic E-state index is 10.9. The van der Waals surface area contributed by atoms with Crippen LogP contribution in [-0.2, 0) is 0 Å². The van der Waals surface area contributed by atoms with Crippen LogP contribution >= 0.6 is 23.2 Å². The van der Waals surface area contributed by atoms with Crippen LogP contribution in [0.1, 0.15) is 15.9 Å². The van der Waals surface area contributed by atoms with E-state index in [0.717, 1.165) is 0 Å². The maximum Gasteiger partial charge on any atom is 0.288 e. The predicted octanol–water partition coefficient (Wildman–Crippen LogP) is 2.71. The fourth-order valence-corrected chi connectivity index (χ4v) is 2.06. The summed E-state index contributed by atoms with van der Waals surface area (Å²) in [5.74, 6) is -1.41. The normalized spacial score (nSPS) is 10.7. The van der Waals surface area contributed by atoms with Gasteiger partial charge in [0.25, 0.3) is 5.69 Å². The number of nitrogens with one attached hydrogen (secondary N) is 1. The lowest BCUT2D eigenvalue weighted by atomic mass is 10.2. The van der Waals surface area contributed by atoms with Crippen molar-refractivity contribution in [2.75, 3.05) is 5.43 Å². The van der Waals surface area contributed by atoms with Gasteiger partial charge in [0, 0.05) is 22.2 Å². The first-order chi connectivity index (χ1) is 10.9. The van der Waals surface area contributed by atoms with Gasteiger partial charge >= 0.3 is 0 Å². The Bertz CT molecular complexity index is 809. The van der Waals surface area contributed by atoms with Crippen molar-refractivity contribution in [1.29, 1.82) is 0 Å². The molecule has 9 heteroatoms. The van der Waals surface area contributed by atoms with Crippen molar-refractivity contribution in [2.24, 2.45) is 5.10 Å². The second-order valence-electron chi connectivity index (χ2n) is 4.32. The summed E-state index contributed by atoms with van der Waals surface area (Å²) >= 11 is 11.4. The van der Waals surface area contributed by atoms with Crippen molar-refractivity contribution < 1.29 is 14.8 Å². The SMILES string of the molecule is O=C([O-])c1cc(N/N=C\c2ccc(Cl)c([N+](=O)[O-])c2)ccc1Cl. The van der Waals surface area contributed by atoms with Gasteiger partial charge < -0.3 is 9.90 Å². The van der Waals surface area contributed by atoms with E-state index >= 15 is 0 Å². The molecule has 118 valence electrons. The number of hydrogen-bond donors (Lipinski definition) is 1. The zero-order valence-electron chi connectivity index (χ0n) is 11.3. The molecule has 0 aliphatic heterocycles. The number of carbonyl (C=O) groups excluding carboxylic acids is 1. The molecule has 23 heavy (non-hydrogen) atoms. The average molecular weight is 353 g/mol. The van der Waals surface area contributed by atoms with Crippen LogP contribution in [0.4, 0.5) is 11.4 Å². The summed E-state index contributed by atoms with van der Waals surface area (Å²) in [5.41, 5.74) is 3.00. The van der Waals surface area contributed by atoms with E-state index < -0.39 is 10.9 Å². The molecule has 2 aromatic rings. The van der Waals surface area contributed by atoms with Crippen LogP contribution in [0.25, 0.3) is 0 Å². The molecule has 0 fully saturated rings. The largest absolute Gasteiger partial charge is 0.545 e. The number of anilines is 1. The lowest BCUT2D eigenvalue weighted by Gasteiger charge is -2.07. The highest BCUT2D eigenvalue weighted by Crippen LogP contribution is 2.24. The Balaban J connectivity index is 2.16. The molecule has 0 aromatic heterocycles. The van der Waals surface area contributed by atoms with Crippen LogP contribution in [0.2, 0.25) is 10.0 Å². The third-order valence-electron chi connectivity index (χ3n) is 2.76. The number of hydrogen-bond acceptors (Lipinski definition) is 6. The third kappa shape index (κ3) is 4.18. The molecule has 2 rings (SSSR count). The van der Waals surface area contributed by atoms with Gasteiger partial charge in [0.1, 0.15) is 5.02 Å². The molecule has 0 radical (unpaired) electrons. The molecule has 0 unspecified atom stereocenters. The van der Waals surface area contributed by atoms with Crippen molar-refractivity contribution in [3.8, 4) is 0 Å². The predicted molar refractivity (Wildman–Crippen MR) is 85.1 cm³/mol. The lowest BCUT2D eigenvalue weighted by Crippen LogP contribution is -2.22. The van der Waals surface area contributed by atoms with Crippen LogP contribution in [0.3, 0.4) is 0 Å². The monoisotopic (exact) mass is 352 g/mol. The van der Waals surface area contributed by atoms with E-state index in [1.807, 2.05) is 0 Å².